The maximum atomic E-state index is 11.0. The zero-order valence-corrected chi connectivity index (χ0v) is 12.4. The van der Waals surface area contributed by atoms with Crippen LogP contribution in [0.3, 0.4) is 0 Å². The Hall–Kier alpha value is -2.02. The standard InChI is InChI=1S/C16H22N2O2/c1-4-5-6-9-18(12(2)3)15-8-7-13(16(19)20)10-14(15)11-17/h7-8,10,12H,4-6,9H2,1-3H3,(H,19,20). The molecule has 0 radical (unpaired) electrons. The van der Waals surface area contributed by atoms with Crippen molar-refractivity contribution in [3.63, 3.8) is 0 Å². The van der Waals surface area contributed by atoms with E-state index in [0.29, 0.717) is 5.56 Å². The highest BCUT2D eigenvalue weighted by atomic mass is 16.4. The first-order chi connectivity index (χ1) is 9.51. The van der Waals surface area contributed by atoms with E-state index >= 15 is 0 Å². The molecule has 0 saturated heterocycles. The predicted octanol–water partition coefficient (Wildman–Crippen LogP) is 3.66. The van der Waals surface area contributed by atoms with Crippen molar-refractivity contribution >= 4 is 11.7 Å². The molecule has 0 fully saturated rings. The predicted molar refractivity (Wildman–Crippen MR) is 80.1 cm³/mol. The van der Waals surface area contributed by atoms with Crippen LogP contribution in [0.2, 0.25) is 0 Å². The van der Waals surface area contributed by atoms with E-state index in [1.165, 1.54) is 6.07 Å². The van der Waals surface area contributed by atoms with Gasteiger partial charge in [0, 0.05) is 12.6 Å². The second-order valence-electron chi connectivity index (χ2n) is 5.14. The van der Waals surface area contributed by atoms with Gasteiger partial charge in [-0.2, -0.15) is 5.26 Å². The van der Waals surface area contributed by atoms with Crippen LogP contribution < -0.4 is 4.90 Å². The summed E-state index contributed by atoms with van der Waals surface area (Å²) in [4.78, 5) is 13.1. The Morgan fingerprint density at radius 2 is 2.10 bits per heavy atom. The normalized spacial score (nSPS) is 10.3. The van der Waals surface area contributed by atoms with Gasteiger partial charge in [-0.15, -0.1) is 0 Å². The number of unbranched alkanes of at least 4 members (excludes halogenated alkanes) is 2. The molecule has 108 valence electrons. The first-order valence-corrected chi connectivity index (χ1v) is 7.05. The number of nitrogens with zero attached hydrogens (tertiary/aromatic N) is 2. The highest BCUT2D eigenvalue weighted by Gasteiger charge is 2.16. The fourth-order valence-corrected chi connectivity index (χ4v) is 2.20. The van der Waals surface area contributed by atoms with Crippen LogP contribution in [0.4, 0.5) is 5.69 Å². The van der Waals surface area contributed by atoms with Gasteiger partial charge < -0.3 is 10.0 Å². The summed E-state index contributed by atoms with van der Waals surface area (Å²) >= 11 is 0. The van der Waals surface area contributed by atoms with Crippen molar-refractivity contribution in [2.75, 3.05) is 11.4 Å². The lowest BCUT2D eigenvalue weighted by atomic mass is 10.1. The lowest BCUT2D eigenvalue weighted by molar-refractivity contribution is 0.0697. The number of hydrogen-bond donors (Lipinski definition) is 1. The fourth-order valence-electron chi connectivity index (χ4n) is 2.20. The molecular formula is C16H22N2O2. The van der Waals surface area contributed by atoms with E-state index < -0.39 is 5.97 Å². The molecule has 1 rings (SSSR count). The minimum atomic E-state index is -1.00. The molecule has 0 amide bonds. The smallest absolute Gasteiger partial charge is 0.335 e. The van der Waals surface area contributed by atoms with Crippen LogP contribution in [0.5, 0.6) is 0 Å². The monoisotopic (exact) mass is 274 g/mol. The SMILES string of the molecule is CCCCCN(c1ccc(C(=O)O)cc1C#N)C(C)C. The van der Waals surface area contributed by atoms with Gasteiger partial charge in [0.25, 0.3) is 0 Å². The summed E-state index contributed by atoms with van der Waals surface area (Å²) in [6.07, 6.45) is 3.37. The van der Waals surface area contributed by atoms with Crippen LogP contribution in [0, 0.1) is 11.3 Å². The number of carbonyl (C=O) groups is 1. The lowest BCUT2D eigenvalue weighted by Gasteiger charge is -2.30. The van der Waals surface area contributed by atoms with Crippen LogP contribution in [-0.2, 0) is 0 Å². The summed E-state index contributed by atoms with van der Waals surface area (Å²) < 4.78 is 0. The Kier molecular flexibility index (Phi) is 6.05. The van der Waals surface area contributed by atoms with Gasteiger partial charge >= 0.3 is 5.97 Å². The Balaban J connectivity index is 3.07. The Bertz CT molecular complexity index is 504. The number of rotatable bonds is 7. The number of benzene rings is 1. The van der Waals surface area contributed by atoms with Crippen LogP contribution >= 0.6 is 0 Å². The summed E-state index contributed by atoms with van der Waals surface area (Å²) in [5.41, 5.74) is 1.40. The molecule has 4 nitrogen and oxygen atoms in total. The van der Waals surface area contributed by atoms with Gasteiger partial charge in [0.15, 0.2) is 0 Å². The number of nitriles is 1. The van der Waals surface area contributed by atoms with E-state index in [9.17, 15) is 10.1 Å². The van der Waals surface area contributed by atoms with E-state index in [4.69, 9.17) is 5.11 Å². The van der Waals surface area contributed by atoms with E-state index in [0.717, 1.165) is 31.5 Å². The zero-order valence-electron chi connectivity index (χ0n) is 12.4. The largest absolute Gasteiger partial charge is 0.478 e. The summed E-state index contributed by atoms with van der Waals surface area (Å²) in [5, 5.41) is 18.3. The van der Waals surface area contributed by atoms with Crippen molar-refractivity contribution in [1.82, 2.24) is 0 Å². The number of hydrogen-bond acceptors (Lipinski definition) is 3. The quantitative estimate of drug-likeness (QED) is 0.771. The van der Waals surface area contributed by atoms with Gasteiger partial charge in [0.1, 0.15) is 6.07 Å². The molecule has 0 unspecified atom stereocenters. The van der Waals surface area contributed by atoms with E-state index in [2.05, 4.69) is 31.7 Å². The highest BCUT2D eigenvalue weighted by Crippen LogP contribution is 2.24. The third-order valence-electron chi connectivity index (χ3n) is 3.30. The Labute approximate surface area is 120 Å². The molecule has 0 spiro atoms. The third kappa shape index (κ3) is 3.99. The number of anilines is 1. The summed E-state index contributed by atoms with van der Waals surface area (Å²) in [7, 11) is 0. The molecule has 0 aliphatic carbocycles. The molecular weight excluding hydrogens is 252 g/mol. The van der Waals surface area contributed by atoms with Gasteiger partial charge in [-0.3, -0.25) is 0 Å². The van der Waals surface area contributed by atoms with Crippen molar-refractivity contribution in [1.29, 1.82) is 5.26 Å². The first-order valence-electron chi connectivity index (χ1n) is 7.05. The summed E-state index contributed by atoms with van der Waals surface area (Å²) in [6, 6.07) is 7.14. The van der Waals surface area contributed by atoms with Crippen LogP contribution in [0.25, 0.3) is 0 Å². The maximum absolute atomic E-state index is 11.0. The summed E-state index contributed by atoms with van der Waals surface area (Å²) in [6.45, 7) is 7.20. The molecule has 0 heterocycles. The van der Waals surface area contributed by atoms with Gasteiger partial charge in [-0.05, 0) is 38.5 Å². The van der Waals surface area contributed by atoms with Gasteiger partial charge in [0.05, 0.1) is 16.8 Å². The second-order valence-corrected chi connectivity index (χ2v) is 5.14. The third-order valence-corrected chi connectivity index (χ3v) is 3.30. The molecule has 4 heteroatoms. The van der Waals surface area contributed by atoms with E-state index in [1.807, 2.05) is 0 Å². The number of carboxylic acid groups (broad SMARTS) is 1. The zero-order chi connectivity index (χ0) is 15.1. The number of carboxylic acids is 1. The molecule has 1 aromatic rings. The van der Waals surface area contributed by atoms with Crippen molar-refractivity contribution in [3.8, 4) is 6.07 Å². The molecule has 0 bridgehead atoms. The highest BCUT2D eigenvalue weighted by molar-refractivity contribution is 5.89. The Morgan fingerprint density at radius 1 is 1.40 bits per heavy atom. The van der Waals surface area contributed by atoms with Crippen LogP contribution in [-0.4, -0.2) is 23.7 Å². The second kappa shape index (κ2) is 7.54. The minimum Gasteiger partial charge on any atom is -0.478 e. The molecule has 1 aromatic carbocycles. The van der Waals surface area contributed by atoms with Crippen molar-refractivity contribution in [2.45, 2.75) is 46.1 Å². The van der Waals surface area contributed by atoms with Crippen LogP contribution in [0.15, 0.2) is 18.2 Å². The topological polar surface area (TPSA) is 64.3 Å². The number of aromatic carboxylic acids is 1. The summed E-state index contributed by atoms with van der Waals surface area (Å²) in [5.74, 6) is -1.00. The minimum absolute atomic E-state index is 0.155. The average Bonchev–Trinajstić information content (AvgIpc) is 2.42. The van der Waals surface area contributed by atoms with Crippen molar-refractivity contribution in [3.05, 3.63) is 29.3 Å². The van der Waals surface area contributed by atoms with Crippen LogP contribution in [0.1, 0.15) is 56.0 Å². The van der Waals surface area contributed by atoms with E-state index in [-0.39, 0.29) is 11.6 Å². The average molecular weight is 274 g/mol. The van der Waals surface area contributed by atoms with Crippen molar-refractivity contribution < 1.29 is 9.90 Å². The fraction of sp³-hybridized carbons (Fsp3) is 0.500. The van der Waals surface area contributed by atoms with Gasteiger partial charge in [0.2, 0.25) is 0 Å². The molecule has 0 aliphatic rings. The lowest BCUT2D eigenvalue weighted by Crippen LogP contribution is -2.32. The van der Waals surface area contributed by atoms with Crippen molar-refractivity contribution in [2.24, 2.45) is 0 Å². The van der Waals surface area contributed by atoms with Gasteiger partial charge in [-0.25, -0.2) is 4.79 Å². The van der Waals surface area contributed by atoms with E-state index in [1.54, 1.807) is 12.1 Å². The molecule has 0 aromatic heterocycles. The molecule has 0 aliphatic heterocycles. The molecule has 20 heavy (non-hydrogen) atoms. The molecule has 1 N–H and O–H groups in total. The molecule has 0 saturated carbocycles. The van der Waals surface area contributed by atoms with Gasteiger partial charge in [-0.1, -0.05) is 19.8 Å². The molecule has 0 atom stereocenters. The first kappa shape index (κ1) is 16.0. The maximum Gasteiger partial charge on any atom is 0.335 e. The Morgan fingerprint density at radius 3 is 2.60 bits per heavy atom.